The molecule has 3 aliphatic carbocycles. The number of hydrogen-bond acceptors (Lipinski definition) is 4. The minimum Gasteiger partial charge on any atom is -0.368 e. The lowest BCUT2D eigenvalue weighted by Gasteiger charge is -2.60. The van der Waals surface area contributed by atoms with E-state index in [4.69, 9.17) is 5.73 Å². The monoisotopic (exact) mass is 411 g/mol. The molecule has 3 amide bonds. The maximum atomic E-state index is 12.9. The molecule has 2 bridgehead atoms. The fraction of sp³-hybridized carbons (Fsp3) is 0.545. The van der Waals surface area contributed by atoms with E-state index in [2.05, 4.69) is 29.5 Å². The van der Waals surface area contributed by atoms with Crippen LogP contribution in [0.3, 0.4) is 0 Å². The Morgan fingerprint density at radius 1 is 1.27 bits per heavy atom. The van der Waals surface area contributed by atoms with E-state index in [-0.39, 0.29) is 11.6 Å². The molecule has 0 saturated heterocycles. The first-order valence-electron chi connectivity index (χ1n) is 10.5. The van der Waals surface area contributed by atoms with Crippen molar-refractivity contribution in [3.8, 4) is 0 Å². The lowest BCUT2D eigenvalue weighted by Crippen LogP contribution is -2.54. The highest BCUT2D eigenvalue weighted by molar-refractivity contribution is 5.97. The molecule has 0 radical (unpaired) electrons. The maximum absolute atomic E-state index is 12.9. The van der Waals surface area contributed by atoms with Gasteiger partial charge in [0.1, 0.15) is 23.1 Å². The summed E-state index contributed by atoms with van der Waals surface area (Å²) >= 11 is 0. The van der Waals surface area contributed by atoms with E-state index in [1.165, 1.54) is 26.0 Å². The molecular weight excluding hydrogens is 382 g/mol. The van der Waals surface area contributed by atoms with Crippen LogP contribution in [-0.4, -0.2) is 39.7 Å². The van der Waals surface area contributed by atoms with Crippen LogP contribution in [0.25, 0.3) is 5.65 Å². The van der Waals surface area contributed by atoms with Gasteiger partial charge in [0, 0.05) is 12.7 Å². The van der Waals surface area contributed by atoms with Crippen molar-refractivity contribution < 1.29 is 14.4 Å². The summed E-state index contributed by atoms with van der Waals surface area (Å²) in [6, 6.07) is 4.37. The lowest BCUT2D eigenvalue weighted by atomic mass is 9.45. The van der Waals surface area contributed by atoms with E-state index < -0.39 is 17.9 Å². The second kappa shape index (κ2) is 7.41. The van der Waals surface area contributed by atoms with Crippen LogP contribution in [0, 0.1) is 23.2 Å². The van der Waals surface area contributed by atoms with Crippen molar-refractivity contribution in [3.63, 3.8) is 0 Å². The van der Waals surface area contributed by atoms with Gasteiger partial charge in [-0.15, -0.1) is 0 Å². The molecule has 30 heavy (non-hydrogen) atoms. The molecule has 2 heterocycles. The highest BCUT2D eigenvalue weighted by Crippen LogP contribution is 2.61. The van der Waals surface area contributed by atoms with Crippen molar-refractivity contribution in [2.45, 2.75) is 46.1 Å². The van der Waals surface area contributed by atoms with Gasteiger partial charge in [-0.3, -0.25) is 18.8 Å². The van der Waals surface area contributed by atoms with Crippen molar-refractivity contribution in [1.29, 1.82) is 0 Å². The van der Waals surface area contributed by atoms with E-state index in [9.17, 15) is 14.4 Å². The maximum Gasteiger partial charge on any atom is 0.272 e. The number of fused-ring (bicyclic) bond motifs is 3. The zero-order valence-electron chi connectivity index (χ0n) is 17.6. The number of nitrogens with one attached hydrogen (secondary N) is 2. The number of nitrogens with zero attached hydrogens (tertiary/aromatic N) is 2. The second-order valence-electron chi connectivity index (χ2n) is 9.27. The summed E-state index contributed by atoms with van der Waals surface area (Å²) in [5.41, 5.74) is 6.60. The van der Waals surface area contributed by atoms with E-state index in [0.717, 1.165) is 12.3 Å². The standard InChI is InChI=1S/C22H29N5O3/c1-12(19(23)28)25-20(29)16-11-27-17(5-4-6-18(27)26-16)21(30)24-10-13-7-8-14-9-15(13)22(14,2)3/h4-6,11-15H,7-10H2,1-3H3,(H2,23,28)(H,24,30)(H,25,29)/t12?,13-,14-,15-/m0/s1. The summed E-state index contributed by atoms with van der Waals surface area (Å²) in [4.78, 5) is 40.7. The summed E-state index contributed by atoms with van der Waals surface area (Å²) in [6.45, 7) is 6.86. The predicted molar refractivity (Wildman–Crippen MR) is 112 cm³/mol. The van der Waals surface area contributed by atoms with Gasteiger partial charge in [0.15, 0.2) is 0 Å². The van der Waals surface area contributed by atoms with Crippen LogP contribution >= 0.6 is 0 Å². The Morgan fingerprint density at radius 2 is 2.03 bits per heavy atom. The Balaban J connectivity index is 1.47. The molecule has 5 rings (SSSR count). The average molecular weight is 412 g/mol. The lowest BCUT2D eigenvalue weighted by molar-refractivity contribution is -0.119. The first-order valence-corrected chi connectivity index (χ1v) is 10.5. The number of amides is 3. The van der Waals surface area contributed by atoms with Gasteiger partial charge in [-0.25, -0.2) is 4.98 Å². The number of nitrogens with two attached hydrogens (primary N) is 1. The fourth-order valence-corrected chi connectivity index (χ4v) is 5.17. The van der Waals surface area contributed by atoms with Gasteiger partial charge < -0.3 is 16.4 Å². The number of carbonyl (C=O) groups is 3. The normalized spacial score (nSPS) is 25.2. The molecule has 0 aromatic carbocycles. The molecule has 3 saturated carbocycles. The second-order valence-corrected chi connectivity index (χ2v) is 9.27. The van der Waals surface area contributed by atoms with E-state index in [0.29, 0.717) is 35.1 Å². The molecule has 1 unspecified atom stereocenters. The zero-order chi connectivity index (χ0) is 21.6. The fourth-order valence-electron chi connectivity index (χ4n) is 5.17. The molecule has 4 N–H and O–H groups in total. The van der Waals surface area contributed by atoms with Gasteiger partial charge in [-0.2, -0.15) is 0 Å². The summed E-state index contributed by atoms with van der Waals surface area (Å²) in [5.74, 6) is 0.678. The molecule has 8 nitrogen and oxygen atoms in total. The third-order valence-corrected chi connectivity index (χ3v) is 7.26. The summed E-state index contributed by atoms with van der Waals surface area (Å²) < 4.78 is 1.60. The van der Waals surface area contributed by atoms with Crippen molar-refractivity contribution in [3.05, 3.63) is 35.8 Å². The highest BCUT2D eigenvalue weighted by Gasteiger charge is 2.53. The van der Waals surface area contributed by atoms with Gasteiger partial charge in [-0.1, -0.05) is 19.9 Å². The Morgan fingerprint density at radius 3 is 2.70 bits per heavy atom. The number of pyridine rings is 1. The van der Waals surface area contributed by atoms with Crippen LogP contribution in [0.15, 0.2) is 24.4 Å². The van der Waals surface area contributed by atoms with Crippen LogP contribution in [0.5, 0.6) is 0 Å². The van der Waals surface area contributed by atoms with Crippen molar-refractivity contribution in [2.75, 3.05) is 6.54 Å². The van der Waals surface area contributed by atoms with Gasteiger partial charge in [0.25, 0.3) is 11.8 Å². The Kier molecular flexibility index (Phi) is 5.03. The summed E-state index contributed by atoms with van der Waals surface area (Å²) in [5, 5.41) is 5.59. The first-order chi connectivity index (χ1) is 14.2. The third kappa shape index (κ3) is 3.44. The van der Waals surface area contributed by atoms with Crippen LogP contribution in [-0.2, 0) is 4.79 Å². The predicted octanol–water partition coefficient (Wildman–Crippen LogP) is 1.74. The minimum atomic E-state index is -0.809. The topological polar surface area (TPSA) is 119 Å². The minimum absolute atomic E-state index is 0.123. The molecule has 0 spiro atoms. The molecule has 3 aliphatic rings. The number of imidazole rings is 1. The SMILES string of the molecule is CC(NC(=O)c1cn2c(C(=O)NC[C@@H]3CC[C@H]4C[C@@H]3C4(C)C)cccc2n1)C(N)=O. The molecule has 0 aliphatic heterocycles. The summed E-state index contributed by atoms with van der Waals surface area (Å²) in [7, 11) is 0. The Bertz CT molecular complexity index is 1010. The van der Waals surface area contributed by atoms with Crippen LogP contribution in [0.4, 0.5) is 0 Å². The van der Waals surface area contributed by atoms with Gasteiger partial charge in [-0.05, 0) is 61.5 Å². The third-order valence-electron chi connectivity index (χ3n) is 7.26. The number of rotatable bonds is 6. The zero-order valence-corrected chi connectivity index (χ0v) is 17.6. The van der Waals surface area contributed by atoms with Crippen LogP contribution in [0.1, 0.15) is 61.0 Å². The highest BCUT2D eigenvalue weighted by atomic mass is 16.2. The Labute approximate surface area is 175 Å². The number of aromatic nitrogens is 2. The van der Waals surface area contributed by atoms with Crippen LogP contribution in [0.2, 0.25) is 0 Å². The van der Waals surface area contributed by atoms with Crippen molar-refractivity contribution in [1.82, 2.24) is 20.0 Å². The molecule has 160 valence electrons. The molecule has 3 fully saturated rings. The number of primary amides is 1. The van der Waals surface area contributed by atoms with Gasteiger partial charge in [0.05, 0.1) is 0 Å². The van der Waals surface area contributed by atoms with E-state index >= 15 is 0 Å². The molecule has 2 aromatic rings. The van der Waals surface area contributed by atoms with Crippen molar-refractivity contribution >= 4 is 23.4 Å². The number of hydrogen-bond donors (Lipinski definition) is 3. The number of carbonyl (C=O) groups excluding carboxylic acids is 3. The summed E-state index contributed by atoms with van der Waals surface area (Å²) in [6.07, 6.45) is 5.18. The van der Waals surface area contributed by atoms with Crippen molar-refractivity contribution in [2.24, 2.45) is 28.9 Å². The average Bonchev–Trinajstić information content (AvgIpc) is 3.16. The quantitative estimate of drug-likeness (QED) is 0.671. The molecule has 2 aromatic heterocycles. The molecule has 4 atom stereocenters. The van der Waals surface area contributed by atoms with E-state index in [1.54, 1.807) is 22.6 Å². The molecule has 8 heteroatoms. The van der Waals surface area contributed by atoms with Gasteiger partial charge >= 0.3 is 0 Å². The van der Waals surface area contributed by atoms with Gasteiger partial charge in [0.2, 0.25) is 5.91 Å². The first kappa shape index (κ1) is 20.4. The van der Waals surface area contributed by atoms with E-state index in [1.807, 2.05) is 0 Å². The Hall–Kier alpha value is -2.90. The largest absolute Gasteiger partial charge is 0.368 e. The smallest absolute Gasteiger partial charge is 0.272 e. The van der Waals surface area contributed by atoms with Crippen LogP contribution < -0.4 is 16.4 Å². The molecular formula is C22H29N5O3.